The first-order valence-corrected chi connectivity index (χ1v) is 10.5. The summed E-state index contributed by atoms with van der Waals surface area (Å²) in [5, 5.41) is 8.52. The zero-order chi connectivity index (χ0) is 17.7. The van der Waals surface area contributed by atoms with Crippen molar-refractivity contribution >= 4 is 27.3 Å². The Bertz CT molecular complexity index is 908. The molecule has 1 saturated heterocycles. The number of hydrogen-bond acceptors (Lipinski definition) is 6. The van der Waals surface area contributed by atoms with Crippen molar-refractivity contribution in [2.75, 3.05) is 18.0 Å². The predicted molar refractivity (Wildman–Crippen MR) is 99.9 cm³/mol. The van der Waals surface area contributed by atoms with Crippen molar-refractivity contribution in [3.63, 3.8) is 0 Å². The summed E-state index contributed by atoms with van der Waals surface area (Å²) >= 11 is 1.49. The van der Waals surface area contributed by atoms with Crippen LogP contribution < -0.4 is 15.8 Å². The smallest absolute Gasteiger partial charge is 0.278 e. The molecule has 0 radical (unpaired) electrons. The first-order valence-electron chi connectivity index (χ1n) is 9.66. The highest BCUT2D eigenvalue weighted by atomic mass is 32.1. The van der Waals surface area contributed by atoms with Gasteiger partial charge in [0, 0.05) is 30.6 Å². The van der Waals surface area contributed by atoms with Gasteiger partial charge < -0.3 is 10.2 Å². The Hall–Kier alpha value is -1.96. The van der Waals surface area contributed by atoms with Crippen LogP contribution in [0.3, 0.4) is 0 Å². The van der Waals surface area contributed by atoms with E-state index in [1.807, 2.05) is 0 Å². The van der Waals surface area contributed by atoms with E-state index in [0.29, 0.717) is 11.0 Å². The SMILES string of the molecule is O=C(NC1CC1)C1CCN(c2nn3c(=O)c4c(nc3s2)CCCC4)CC1. The first kappa shape index (κ1) is 16.2. The molecule has 1 aliphatic heterocycles. The summed E-state index contributed by atoms with van der Waals surface area (Å²) in [7, 11) is 0. The summed E-state index contributed by atoms with van der Waals surface area (Å²) in [6.07, 6.45) is 7.82. The van der Waals surface area contributed by atoms with Crippen molar-refractivity contribution in [1.29, 1.82) is 0 Å². The lowest BCUT2D eigenvalue weighted by atomic mass is 9.96. The number of rotatable bonds is 3. The molecule has 2 aromatic heterocycles. The van der Waals surface area contributed by atoms with Gasteiger partial charge in [0.1, 0.15) is 0 Å². The molecule has 0 atom stereocenters. The molecule has 1 amide bonds. The van der Waals surface area contributed by atoms with Gasteiger partial charge in [-0.25, -0.2) is 4.98 Å². The molecule has 138 valence electrons. The van der Waals surface area contributed by atoms with Crippen LogP contribution in [0, 0.1) is 5.92 Å². The summed E-state index contributed by atoms with van der Waals surface area (Å²) in [6.45, 7) is 1.61. The van der Waals surface area contributed by atoms with Gasteiger partial charge in [-0.2, -0.15) is 4.52 Å². The largest absolute Gasteiger partial charge is 0.353 e. The van der Waals surface area contributed by atoms with Crippen LogP contribution in [0.5, 0.6) is 0 Å². The zero-order valence-electron chi connectivity index (χ0n) is 14.7. The minimum absolute atomic E-state index is 0.00546. The number of fused-ring (bicyclic) bond motifs is 2. The number of nitrogens with one attached hydrogen (secondary N) is 1. The lowest BCUT2D eigenvalue weighted by Gasteiger charge is -2.30. The molecular weight excluding hydrogens is 350 g/mol. The van der Waals surface area contributed by atoms with Gasteiger partial charge in [-0.05, 0) is 51.4 Å². The van der Waals surface area contributed by atoms with Crippen molar-refractivity contribution in [3.8, 4) is 0 Å². The lowest BCUT2D eigenvalue weighted by Crippen LogP contribution is -2.41. The number of anilines is 1. The molecule has 26 heavy (non-hydrogen) atoms. The van der Waals surface area contributed by atoms with E-state index in [1.165, 1.54) is 15.9 Å². The molecule has 1 N–H and O–H groups in total. The standard InChI is InChI=1S/C18H23N5O2S/c24-15(19-12-5-6-12)11-7-9-22(10-8-11)18-21-23-16(25)13-3-1-2-4-14(13)20-17(23)26-18/h11-12H,1-10H2,(H,19,24). The van der Waals surface area contributed by atoms with Gasteiger partial charge >= 0.3 is 0 Å². The maximum atomic E-state index is 12.7. The maximum absolute atomic E-state index is 12.7. The second kappa shape index (κ2) is 6.33. The summed E-state index contributed by atoms with van der Waals surface area (Å²) in [5.41, 5.74) is 1.82. The molecule has 1 saturated carbocycles. The number of piperidine rings is 1. The molecular formula is C18H23N5O2S. The summed E-state index contributed by atoms with van der Waals surface area (Å²) < 4.78 is 1.48. The Morgan fingerprint density at radius 1 is 1.12 bits per heavy atom. The number of aryl methyl sites for hydroxylation is 1. The van der Waals surface area contributed by atoms with Crippen LogP contribution in [0.2, 0.25) is 0 Å². The average Bonchev–Trinajstić information content (AvgIpc) is 3.38. The summed E-state index contributed by atoms with van der Waals surface area (Å²) in [4.78, 5) is 32.5. The van der Waals surface area contributed by atoms with Gasteiger partial charge in [0.05, 0.1) is 5.69 Å². The van der Waals surface area contributed by atoms with E-state index in [4.69, 9.17) is 4.98 Å². The van der Waals surface area contributed by atoms with Gasteiger partial charge in [0.15, 0.2) is 0 Å². The molecule has 0 spiro atoms. The normalized spacial score (nSPS) is 21.0. The van der Waals surface area contributed by atoms with Crippen LogP contribution in [0.25, 0.3) is 4.96 Å². The average molecular weight is 373 g/mol. The summed E-state index contributed by atoms with van der Waals surface area (Å²) in [6, 6.07) is 0.425. The molecule has 8 heteroatoms. The third kappa shape index (κ3) is 2.90. The van der Waals surface area contributed by atoms with Crippen LogP contribution in [-0.2, 0) is 17.6 Å². The van der Waals surface area contributed by atoms with E-state index >= 15 is 0 Å². The van der Waals surface area contributed by atoms with Crippen LogP contribution in [-0.4, -0.2) is 39.6 Å². The lowest BCUT2D eigenvalue weighted by molar-refractivity contribution is -0.125. The molecule has 3 heterocycles. The second-order valence-corrected chi connectivity index (χ2v) is 8.61. The van der Waals surface area contributed by atoms with Crippen molar-refractivity contribution in [2.45, 2.75) is 57.4 Å². The van der Waals surface area contributed by atoms with Gasteiger partial charge in [-0.3, -0.25) is 9.59 Å². The Morgan fingerprint density at radius 2 is 1.88 bits per heavy atom. The van der Waals surface area contributed by atoms with E-state index in [9.17, 15) is 9.59 Å². The molecule has 7 nitrogen and oxygen atoms in total. The fourth-order valence-electron chi connectivity index (χ4n) is 3.97. The molecule has 2 fully saturated rings. The molecule has 2 aromatic rings. The number of carbonyl (C=O) groups excluding carboxylic acids is 1. The van der Waals surface area contributed by atoms with Gasteiger partial charge in [-0.15, -0.1) is 5.10 Å². The molecule has 0 unspecified atom stereocenters. The van der Waals surface area contributed by atoms with Crippen molar-refractivity contribution in [1.82, 2.24) is 19.9 Å². The van der Waals surface area contributed by atoms with Crippen LogP contribution in [0.1, 0.15) is 49.8 Å². The highest BCUT2D eigenvalue weighted by molar-refractivity contribution is 7.20. The minimum Gasteiger partial charge on any atom is -0.353 e. The van der Waals surface area contributed by atoms with Gasteiger partial charge in [0.25, 0.3) is 5.56 Å². The van der Waals surface area contributed by atoms with Gasteiger partial charge in [-0.1, -0.05) is 11.3 Å². The van der Waals surface area contributed by atoms with E-state index in [-0.39, 0.29) is 17.4 Å². The quantitative estimate of drug-likeness (QED) is 0.883. The van der Waals surface area contributed by atoms with E-state index in [0.717, 1.165) is 80.8 Å². The molecule has 0 aromatic carbocycles. The van der Waals surface area contributed by atoms with Crippen molar-refractivity contribution < 1.29 is 4.79 Å². The Balaban J connectivity index is 1.34. The van der Waals surface area contributed by atoms with Crippen molar-refractivity contribution in [3.05, 3.63) is 21.6 Å². The molecule has 5 rings (SSSR count). The topological polar surface area (TPSA) is 79.6 Å². The van der Waals surface area contributed by atoms with Crippen LogP contribution in [0.4, 0.5) is 5.13 Å². The number of aromatic nitrogens is 3. The summed E-state index contributed by atoms with van der Waals surface area (Å²) in [5.74, 6) is 0.316. The fraction of sp³-hybridized carbons (Fsp3) is 0.667. The van der Waals surface area contributed by atoms with E-state index in [1.54, 1.807) is 0 Å². The molecule has 2 aliphatic carbocycles. The Labute approximate surface area is 155 Å². The predicted octanol–water partition coefficient (Wildman–Crippen LogP) is 1.52. The van der Waals surface area contributed by atoms with E-state index in [2.05, 4.69) is 15.3 Å². The van der Waals surface area contributed by atoms with Crippen LogP contribution >= 0.6 is 11.3 Å². The van der Waals surface area contributed by atoms with Gasteiger partial charge in [0.2, 0.25) is 16.0 Å². The number of hydrogen-bond donors (Lipinski definition) is 1. The third-order valence-corrected chi connectivity index (χ3v) is 6.70. The highest BCUT2D eigenvalue weighted by Gasteiger charge is 2.31. The first-order chi connectivity index (χ1) is 12.7. The second-order valence-electron chi connectivity index (χ2n) is 7.67. The molecule has 0 bridgehead atoms. The monoisotopic (exact) mass is 373 g/mol. The third-order valence-electron chi connectivity index (χ3n) is 5.73. The highest BCUT2D eigenvalue weighted by Crippen LogP contribution is 2.29. The maximum Gasteiger partial charge on any atom is 0.278 e. The van der Waals surface area contributed by atoms with Crippen molar-refractivity contribution in [2.24, 2.45) is 5.92 Å². The molecule has 3 aliphatic rings. The van der Waals surface area contributed by atoms with Crippen LogP contribution in [0.15, 0.2) is 4.79 Å². The zero-order valence-corrected chi connectivity index (χ0v) is 15.6. The Morgan fingerprint density at radius 3 is 2.65 bits per heavy atom. The fourth-order valence-corrected chi connectivity index (χ4v) is 4.93. The number of carbonyl (C=O) groups is 1. The number of nitrogens with zero attached hydrogens (tertiary/aromatic N) is 4. The number of amides is 1. The Kier molecular flexibility index (Phi) is 3.95. The minimum atomic E-state index is 0.00546. The van der Waals surface area contributed by atoms with E-state index < -0.39 is 0 Å².